The molecule has 5 heteroatoms. The molecule has 1 heterocycles. The molecular formula is C14H11BrN2O2. The molecule has 1 aromatic heterocycles. The maximum atomic E-state index is 11.8. The average Bonchev–Trinajstić information content (AvgIpc) is 2.45. The van der Waals surface area contributed by atoms with Crippen molar-refractivity contribution in [3.63, 3.8) is 0 Å². The van der Waals surface area contributed by atoms with Gasteiger partial charge in [-0.2, -0.15) is 0 Å². The Morgan fingerprint density at radius 1 is 1.21 bits per heavy atom. The lowest BCUT2D eigenvalue weighted by Crippen LogP contribution is -2.03. The zero-order chi connectivity index (χ0) is 13.7. The molecule has 0 spiro atoms. The molecule has 0 aliphatic carbocycles. The van der Waals surface area contributed by atoms with Crippen LogP contribution in [0.5, 0.6) is 0 Å². The number of nitrogens with zero attached hydrogens (tertiary/aromatic N) is 2. The molecule has 0 aliphatic heterocycles. The highest BCUT2D eigenvalue weighted by molar-refractivity contribution is 9.10. The number of oxime groups is 1. The lowest BCUT2D eigenvalue weighted by molar-refractivity contribution is 0.0516. The Morgan fingerprint density at radius 2 is 1.95 bits per heavy atom. The van der Waals surface area contributed by atoms with E-state index in [-0.39, 0.29) is 0 Å². The second-order valence-electron chi connectivity index (χ2n) is 3.80. The highest BCUT2D eigenvalue weighted by atomic mass is 79.9. The average molecular weight is 319 g/mol. The summed E-state index contributed by atoms with van der Waals surface area (Å²) in [5.41, 5.74) is 1.92. The van der Waals surface area contributed by atoms with Crippen LogP contribution in [0, 0.1) is 0 Å². The topological polar surface area (TPSA) is 51.5 Å². The quantitative estimate of drug-likeness (QED) is 0.495. The summed E-state index contributed by atoms with van der Waals surface area (Å²) in [7, 11) is 0. The molecule has 0 N–H and O–H groups in total. The molecule has 0 saturated heterocycles. The molecule has 1 aromatic carbocycles. The molecule has 0 aliphatic rings. The van der Waals surface area contributed by atoms with Gasteiger partial charge in [0.2, 0.25) is 0 Å². The number of carbonyl (C=O) groups is 1. The molecule has 4 nitrogen and oxygen atoms in total. The summed E-state index contributed by atoms with van der Waals surface area (Å²) in [5, 5.41) is 3.82. The third kappa shape index (κ3) is 3.72. The van der Waals surface area contributed by atoms with Crippen LogP contribution in [0.4, 0.5) is 0 Å². The Bertz CT molecular complexity index is 612. The van der Waals surface area contributed by atoms with Crippen molar-refractivity contribution in [3.05, 3.63) is 64.4 Å². The van der Waals surface area contributed by atoms with E-state index < -0.39 is 5.97 Å². The molecule has 0 atom stereocenters. The zero-order valence-corrected chi connectivity index (χ0v) is 11.8. The number of hydrogen-bond acceptors (Lipinski definition) is 4. The minimum absolute atomic E-state index is 0.445. The molecule has 0 fully saturated rings. The maximum absolute atomic E-state index is 11.8. The lowest BCUT2D eigenvalue weighted by Gasteiger charge is -2.01. The summed E-state index contributed by atoms with van der Waals surface area (Å²) in [6.07, 6.45) is 3.31. The number of pyridine rings is 1. The number of rotatable bonds is 3. The Kier molecular flexibility index (Phi) is 4.41. The maximum Gasteiger partial charge on any atom is 0.365 e. The van der Waals surface area contributed by atoms with Crippen molar-refractivity contribution in [2.45, 2.75) is 6.92 Å². The Balaban J connectivity index is 2.08. The second kappa shape index (κ2) is 6.24. The molecule has 96 valence electrons. The van der Waals surface area contributed by atoms with Crippen LogP contribution in [0.1, 0.15) is 22.8 Å². The molecule has 0 radical (unpaired) electrons. The van der Waals surface area contributed by atoms with Crippen molar-refractivity contribution >= 4 is 27.6 Å². The molecule has 0 bridgehead atoms. The number of aromatic nitrogens is 1. The summed E-state index contributed by atoms with van der Waals surface area (Å²) >= 11 is 3.30. The second-order valence-corrected chi connectivity index (χ2v) is 4.72. The van der Waals surface area contributed by atoms with Crippen LogP contribution in [0.2, 0.25) is 0 Å². The Labute approximate surface area is 119 Å². The van der Waals surface area contributed by atoms with Gasteiger partial charge in [0.05, 0.1) is 11.3 Å². The van der Waals surface area contributed by atoms with Gasteiger partial charge in [0.15, 0.2) is 0 Å². The predicted octanol–water partition coefficient (Wildman–Crippen LogP) is 3.43. The monoisotopic (exact) mass is 318 g/mol. The van der Waals surface area contributed by atoms with Crippen molar-refractivity contribution in [2.24, 2.45) is 5.16 Å². The van der Waals surface area contributed by atoms with Gasteiger partial charge < -0.3 is 4.84 Å². The highest BCUT2D eigenvalue weighted by Crippen LogP contribution is 2.12. The number of hydrogen-bond donors (Lipinski definition) is 0. The third-order valence-corrected chi connectivity index (χ3v) is 2.92. The number of carbonyl (C=O) groups excluding carboxylic acids is 1. The molecule has 19 heavy (non-hydrogen) atoms. The van der Waals surface area contributed by atoms with Crippen LogP contribution in [0.25, 0.3) is 0 Å². The first kappa shape index (κ1) is 13.4. The van der Waals surface area contributed by atoms with E-state index in [0.717, 1.165) is 10.0 Å². The van der Waals surface area contributed by atoms with Crippen LogP contribution in [-0.4, -0.2) is 16.7 Å². The van der Waals surface area contributed by atoms with E-state index in [0.29, 0.717) is 11.3 Å². The fraction of sp³-hybridized carbons (Fsp3) is 0.0714. The van der Waals surface area contributed by atoms with Gasteiger partial charge in [0, 0.05) is 22.4 Å². The SMILES string of the molecule is CC(=NOC(=O)c1cccc(Br)c1)c1ccncc1. The van der Waals surface area contributed by atoms with E-state index in [2.05, 4.69) is 26.1 Å². The normalized spacial score (nSPS) is 11.2. The number of benzene rings is 1. The Hall–Kier alpha value is -2.01. The van der Waals surface area contributed by atoms with Crippen LogP contribution >= 0.6 is 15.9 Å². The predicted molar refractivity (Wildman–Crippen MR) is 76.0 cm³/mol. The molecule has 0 saturated carbocycles. The highest BCUT2D eigenvalue weighted by Gasteiger charge is 2.07. The van der Waals surface area contributed by atoms with Crippen molar-refractivity contribution in [1.82, 2.24) is 4.98 Å². The van der Waals surface area contributed by atoms with E-state index in [9.17, 15) is 4.79 Å². The van der Waals surface area contributed by atoms with Crippen LogP contribution in [-0.2, 0) is 4.84 Å². The van der Waals surface area contributed by atoms with Gasteiger partial charge in [-0.1, -0.05) is 27.2 Å². The van der Waals surface area contributed by atoms with Crippen molar-refractivity contribution in [3.8, 4) is 0 Å². The molecular weight excluding hydrogens is 308 g/mol. The van der Waals surface area contributed by atoms with Gasteiger partial charge in [0.25, 0.3) is 0 Å². The third-order valence-electron chi connectivity index (χ3n) is 2.42. The molecule has 0 unspecified atom stereocenters. The minimum atomic E-state index is -0.491. The van der Waals surface area contributed by atoms with Crippen molar-refractivity contribution in [2.75, 3.05) is 0 Å². The van der Waals surface area contributed by atoms with Gasteiger partial charge in [-0.15, -0.1) is 0 Å². The molecule has 2 rings (SSSR count). The van der Waals surface area contributed by atoms with Gasteiger partial charge in [0.1, 0.15) is 0 Å². The first-order chi connectivity index (χ1) is 9.16. The van der Waals surface area contributed by atoms with Gasteiger partial charge in [-0.05, 0) is 37.3 Å². The number of halogens is 1. The van der Waals surface area contributed by atoms with Crippen LogP contribution in [0.3, 0.4) is 0 Å². The van der Waals surface area contributed by atoms with E-state index >= 15 is 0 Å². The van der Waals surface area contributed by atoms with Crippen molar-refractivity contribution < 1.29 is 9.63 Å². The summed E-state index contributed by atoms with van der Waals surface area (Å²) in [6, 6.07) is 10.5. The van der Waals surface area contributed by atoms with Gasteiger partial charge in [-0.25, -0.2) is 4.79 Å². The lowest BCUT2D eigenvalue weighted by atomic mass is 10.2. The van der Waals surface area contributed by atoms with E-state index in [1.165, 1.54) is 0 Å². The van der Waals surface area contributed by atoms with E-state index in [1.54, 1.807) is 49.6 Å². The summed E-state index contributed by atoms with van der Waals surface area (Å²) in [6.45, 7) is 1.77. The fourth-order valence-corrected chi connectivity index (χ4v) is 1.82. The van der Waals surface area contributed by atoms with Gasteiger partial charge in [-0.3, -0.25) is 4.98 Å². The fourth-order valence-electron chi connectivity index (χ4n) is 1.42. The smallest absolute Gasteiger partial charge is 0.313 e. The van der Waals surface area contributed by atoms with Crippen LogP contribution in [0.15, 0.2) is 58.4 Å². The summed E-state index contributed by atoms with van der Waals surface area (Å²) in [5.74, 6) is -0.491. The summed E-state index contributed by atoms with van der Waals surface area (Å²) < 4.78 is 0.816. The minimum Gasteiger partial charge on any atom is -0.313 e. The summed E-state index contributed by atoms with van der Waals surface area (Å²) in [4.78, 5) is 20.6. The Morgan fingerprint density at radius 3 is 2.63 bits per heavy atom. The zero-order valence-electron chi connectivity index (χ0n) is 10.2. The largest absolute Gasteiger partial charge is 0.365 e. The van der Waals surface area contributed by atoms with Crippen LogP contribution < -0.4 is 0 Å². The first-order valence-corrected chi connectivity index (χ1v) is 6.38. The van der Waals surface area contributed by atoms with Gasteiger partial charge >= 0.3 is 5.97 Å². The van der Waals surface area contributed by atoms with Crippen molar-refractivity contribution in [1.29, 1.82) is 0 Å². The first-order valence-electron chi connectivity index (χ1n) is 5.59. The standard InChI is InChI=1S/C14H11BrN2O2/c1-10(11-5-7-16-8-6-11)17-19-14(18)12-3-2-4-13(15)9-12/h2-9H,1H3. The van der Waals surface area contributed by atoms with E-state index in [4.69, 9.17) is 4.84 Å². The molecule has 2 aromatic rings. The van der Waals surface area contributed by atoms with E-state index in [1.807, 2.05) is 6.07 Å². The molecule has 0 amide bonds.